The van der Waals surface area contributed by atoms with Crippen LogP contribution in [0.4, 0.5) is 11.4 Å². The van der Waals surface area contributed by atoms with Gasteiger partial charge in [-0.25, -0.2) is 14.8 Å². The number of fused-ring (bicyclic) bond motifs is 2. The first-order chi connectivity index (χ1) is 30.7. The first kappa shape index (κ1) is 44.1. The number of aromatic carboxylic acids is 1. The summed E-state index contributed by atoms with van der Waals surface area (Å²) in [7, 11) is 0. The molecule has 4 aromatic carbocycles. The zero-order chi connectivity index (χ0) is 44.1. The molecule has 0 spiro atoms. The van der Waals surface area contributed by atoms with Crippen molar-refractivity contribution in [1.29, 1.82) is 0 Å². The van der Waals surface area contributed by atoms with E-state index in [1.54, 1.807) is 66.9 Å². The van der Waals surface area contributed by atoms with E-state index in [-0.39, 0.29) is 41.3 Å². The predicted octanol–water partition coefficient (Wildman–Crippen LogP) is 8.78. The SMILES string of the molecule is O=C(NCC1CCCCC1)c1ncccc1NC(=O)c1ccc(C(=O)O)c2ccccc12.O=C(NCC1CCCCC1)c1ncccc1NC(=O)c1ccc(CO)c2ccccc12. The largest absolute Gasteiger partial charge is 0.478 e. The number of aliphatic hydroxyl groups is 1. The number of rotatable bonds is 12. The van der Waals surface area contributed by atoms with E-state index < -0.39 is 11.9 Å². The second kappa shape index (κ2) is 21.2. The van der Waals surface area contributed by atoms with Gasteiger partial charge in [-0.05, 0) is 107 Å². The molecule has 0 unspecified atom stereocenters. The molecule has 63 heavy (non-hydrogen) atoms. The van der Waals surface area contributed by atoms with Gasteiger partial charge in [-0.3, -0.25) is 19.2 Å². The summed E-state index contributed by atoms with van der Waals surface area (Å²) < 4.78 is 0. The molecule has 2 heterocycles. The Hall–Kier alpha value is -6.99. The fraction of sp³-hybridized carbons (Fsp3) is 0.300. The molecular formula is C50H52N6O7. The molecule has 2 aliphatic rings. The molecule has 0 saturated heterocycles. The molecule has 0 radical (unpaired) electrons. The van der Waals surface area contributed by atoms with Crippen molar-refractivity contribution in [2.24, 2.45) is 11.8 Å². The Bertz CT molecular complexity index is 2620. The second-order valence-electron chi connectivity index (χ2n) is 16.1. The summed E-state index contributed by atoms with van der Waals surface area (Å²) in [4.78, 5) is 71.6. The number of pyridine rings is 2. The molecule has 6 N–H and O–H groups in total. The van der Waals surface area contributed by atoms with Crippen molar-refractivity contribution in [2.45, 2.75) is 70.8 Å². The number of nitrogens with one attached hydrogen (secondary N) is 4. The topological polar surface area (TPSA) is 200 Å². The lowest BCUT2D eigenvalue weighted by molar-refractivity contribution is 0.0697. The minimum absolute atomic E-state index is 0.101. The Morgan fingerprint density at radius 3 is 1.37 bits per heavy atom. The molecule has 4 amide bonds. The van der Waals surface area contributed by atoms with Crippen LogP contribution in [-0.4, -0.2) is 62.9 Å². The van der Waals surface area contributed by atoms with E-state index in [1.165, 1.54) is 56.9 Å². The lowest BCUT2D eigenvalue weighted by atomic mass is 9.89. The van der Waals surface area contributed by atoms with Crippen LogP contribution in [0, 0.1) is 11.8 Å². The van der Waals surface area contributed by atoms with Gasteiger partial charge in [0.05, 0.1) is 23.5 Å². The number of amides is 4. The van der Waals surface area contributed by atoms with E-state index in [1.807, 2.05) is 24.3 Å². The van der Waals surface area contributed by atoms with Crippen molar-refractivity contribution in [1.82, 2.24) is 20.6 Å². The van der Waals surface area contributed by atoms with Gasteiger partial charge in [0.2, 0.25) is 0 Å². The maximum atomic E-state index is 13.1. The molecule has 2 fully saturated rings. The number of benzene rings is 4. The number of hydrogen-bond acceptors (Lipinski definition) is 8. The van der Waals surface area contributed by atoms with Crippen molar-refractivity contribution in [3.05, 3.63) is 143 Å². The van der Waals surface area contributed by atoms with Gasteiger partial charge in [-0.1, -0.05) is 93.1 Å². The van der Waals surface area contributed by atoms with Gasteiger partial charge in [-0.15, -0.1) is 0 Å². The molecular weight excluding hydrogens is 797 g/mol. The van der Waals surface area contributed by atoms with Crippen LogP contribution in [0.3, 0.4) is 0 Å². The third-order valence-corrected chi connectivity index (χ3v) is 11.9. The van der Waals surface area contributed by atoms with Crippen LogP contribution in [0.15, 0.2) is 109 Å². The molecule has 6 aromatic rings. The number of nitrogens with zero attached hydrogens (tertiary/aromatic N) is 2. The van der Waals surface area contributed by atoms with Gasteiger partial charge in [-0.2, -0.15) is 0 Å². The molecule has 13 heteroatoms. The van der Waals surface area contributed by atoms with E-state index in [9.17, 15) is 34.2 Å². The van der Waals surface area contributed by atoms with Crippen LogP contribution in [0.25, 0.3) is 21.5 Å². The summed E-state index contributed by atoms with van der Waals surface area (Å²) in [6, 6.07) is 27.3. The van der Waals surface area contributed by atoms with Crippen LogP contribution in [0.2, 0.25) is 0 Å². The van der Waals surface area contributed by atoms with Gasteiger partial charge in [0.25, 0.3) is 23.6 Å². The fourth-order valence-electron chi connectivity index (χ4n) is 8.56. The molecule has 324 valence electrons. The number of hydrogen-bond donors (Lipinski definition) is 6. The molecule has 8 rings (SSSR count). The number of carboxylic acid groups (broad SMARTS) is 1. The zero-order valence-corrected chi connectivity index (χ0v) is 35.1. The Morgan fingerprint density at radius 1 is 0.492 bits per heavy atom. The number of carbonyl (C=O) groups is 5. The number of carbonyl (C=O) groups excluding carboxylic acids is 4. The summed E-state index contributed by atoms with van der Waals surface area (Å²) in [5.41, 5.74) is 2.74. The smallest absolute Gasteiger partial charge is 0.336 e. The first-order valence-corrected chi connectivity index (χ1v) is 21.7. The Kier molecular flexibility index (Phi) is 14.8. The number of aliphatic hydroxyl groups excluding tert-OH is 1. The lowest BCUT2D eigenvalue weighted by Crippen LogP contribution is -2.31. The van der Waals surface area contributed by atoms with Crippen molar-refractivity contribution < 1.29 is 34.2 Å². The number of anilines is 2. The maximum Gasteiger partial charge on any atom is 0.336 e. The molecule has 0 bridgehead atoms. The van der Waals surface area contributed by atoms with Gasteiger partial charge in [0.1, 0.15) is 0 Å². The standard InChI is InChI=1S/C25H25N3O4.C25H27N3O3/c29-23(19-12-13-20(25(31)32)18-10-5-4-9-17(18)19)28-21-11-6-14-26-22(21)24(30)27-15-16-7-2-1-3-8-16;29-16-18-12-13-21(20-10-5-4-9-19(18)20)24(30)28-22-11-6-14-26-23(22)25(31)27-15-17-7-2-1-3-8-17/h4-6,9-14,16H,1-3,7-8,15H2,(H,27,30)(H,28,29)(H,31,32);4-6,9-14,17,29H,1-3,7-8,15-16H2,(H,27,31)(H,28,30). The maximum absolute atomic E-state index is 13.1. The third-order valence-electron chi connectivity index (χ3n) is 11.9. The van der Waals surface area contributed by atoms with Crippen LogP contribution in [0.1, 0.15) is 122 Å². The molecule has 13 nitrogen and oxygen atoms in total. The fourth-order valence-corrected chi connectivity index (χ4v) is 8.56. The van der Waals surface area contributed by atoms with E-state index in [0.717, 1.165) is 42.0 Å². The van der Waals surface area contributed by atoms with E-state index >= 15 is 0 Å². The predicted molar refractivity (Wildman–Crippen MR) is 243 cm³/mol. The molecule has 0 atom stereocenters. The summed E-state index contributed by atoms with van der Waals surface area (Å²) in [6.07, 6.45) is 14.9. The van der Waals surface area contributed by atoms with Crippen LogP contribution in [-0.2, 0) is 6.61 Å². The van der Waals surface area contributed by atoms with Gasteiger partial charge < -0.3 is 31.5 Å². The lowest BCUT2D eigenvalue weighted by Gasteiger charge is -2.21. The summed E-state index contributed by atoms with van der Waals surface area (Å²) in [6.45, 7) is 1.14. The Labute approximate surface area is 365 Å². The zero-order valence-electron chi connectivity index (χ0n) is 35.1. The van der Waals surface area contributed by atoms with E-state index in [4.69, 9.17) is 0 Å². The monoisotopic (exact) mass is 848 g/mol. The highest BCUT2D eigenvalue weighted by Gasteiger charge is 2.22. The Balaban J connectivity index is 0.000000189. The van der Waals surface area contributed by atoms with Gasteiger partial charge in [0.15, 0.2) is 11.4 Å². The highest BCUT2D eigenvalue weighted by Crippen LogP contribution is 2.28. The van der Waals surface area contributed by atoms with E-state index in [0.29, 0.717) is 58.2 Å². The minimum atomic E-state index is -1.06. The summed E-state index contributed by atoms with van der Waals surface area (Å²) >= 11 is 0. The molecule has 2 aliphatic carbocycles. The highest BCUT2D eigenvalue weighted by molar-refractivity contribution is 6.17. The molecule has 0 aliphatic heterocycles. The van der Waals surface area contributed by atoms with E-state index in [2.05, 4.69) is 31.2 Å². The van der Waals surface area contributed by atoms with Crippen LogP contribution < -0.4 is 21.3 Å². The second-order valence-corrected chi connectivity index (χ2v) is 16.1. The van der Waals surface area contributed by atoms with Crippen LogP contribution >= 0.6 is 0 Å². The quantitative estimate of drug-likeness (QED) is 0.0697. The number of carboxylic acids is 1. The Morgan fingerprint density at radius 2 is 0.905 bits per heavy atom. The van der Waals surface area contributed by atoms with Crippen molar-refractivity contribution in [2.75, 3.05) is 23.7 Å². The van der Waals surface area contributed by atoms with Crippen molar-refractivity contribution in [3.63, 3.8) is 0 Å². The van der Waals surface area contributed by atoms with Gasteiger partial charge >= 0.3 is 5.97 Å². The van der Waals surface area contributed by atoms with Crippen molar-refractivity contribution in [3.8, 4) is 0 Å². The normalized spacial score (nSPS) is 14.2. The highest BCUT2D eigenvalue weighted by atomic mass is 16.4. The number of aromatic nitrogens is 2. The molecule has 2 saturated carbocycles. The van der Waals surface area contributed by atoms with Crippen molar-refractivity contribution >= 4 is 62.5 Å². The average molecular weight is 849 g/mol. The third kappa shape index (κ3) is 10.9. The van der Waals surface area contributed by atoms with Gasteiger partial charge in [0, 0.05) is 36.6 Å². The summed E-state index contributed by atoms with van der Waals surface area (Å²) in [5.74, 6) is -1.43. The summed E-state index contributed by atoms with van der Waals surface area (Å²) in [5, 5.41) is 33.2. The molecule has 2 aromatic heterocycles. The first-order valence-electron chi connectivity index (χ1n) is 21.7. The average Bonchev–Trinajstić information content (AvgIpc) is 3.32. The minimum Gasteiger partial charge on any atom is -0.478 e. The van der Waals surface area contributed by atoms with Crippen LogP contribution in [0.5, 0.6) is 0 Å².